The second-order valence-corrected chi connectivity index (χ2v) is 6.58. The molecule has 8 heteroatoms. The number of anilines is 1. The van der Waals surface area contributed by atoms with E-state index in [-0.39, 0.29) is 10.9 Å². The number of phenols is 1. The van der Waals surface area contributed by atoms with Crippen LogP contribution in [0, 0.1) is 0 Å². The van der Waals surface area contributed by atoms with Crippen molar-refractivity contribution in [3.05, 3.63) is 60.2 Å². The van der Waals surface area contributed by atoms with Gasteiger partial charge in [0.1, 0.15) is 5.75 Å². The van der Waals surface area contributed by atoms with Crippen LogP contribution in [0.1, 0.15) is 12.0 Å². The van der Waals surface area contributed by atoms with E-state index in [9.17, 15) is 19.8 Å². The number of hydrogen-bond acceptors (Lipinski definition) is 7. The smallest absolute Gasteiger partial charge is 0.247 e. The van der Waals surface area contributed by atoms with Gasteiger partial charge in [-0.25, -0.2) is 0 Å². The molecule has 0 aliphatic carbocycles. The number of benzene rings is 2. The number of phenolic OH excluding ortho intramolecular Hbond substituents is 1. The Kier molecular flexibility index (Phi) is 5.33. The van der Waals surface area contributed by atoms with Gasteiger partial charge < -0.3 is 15.0 Å². The van der Waals surface area contributed by atoms with E-state index in [1.54, 1.807) is 18.3 Å². The SMILES string of the molecule is O=C([O-])C[C@H]1S/C(=N/N=C\c2ccccc2)N(c2ccc(O)cc2)C1=O. The fourth-order valence-electron chi connectivity index (χ4n) is 2.34. The number of carboxylic acids is 1. The summed E-state index contributed by atoms with van der Waals surface area (Å²) in [5.41, 5.74) is 1.31. The average molecular weight is 368 g/mol. The second-order valence-electron chi connectivity index (χ2n) is 5.41. The van der Waals surface area contributed by atoms with Crippen LogP contribution < -0.4 is 10.0 Å². The van der Waals surface area contributed by atoms with Crippen molar-refractivity contribution in [1.82, 2.24) is 0 Å². The van der Waals surface area contributed by atoms with E-state index < -0.39 is 23.5 Å². The Morgan fingerprint density at radius 3 is 2.54 bits per heavy atom. The first-order chi connectivity index (χ1) is 12.5. The summed E-state index contributed by atoms with van der Waals surface area (Å²) in [5.74, 6) is -1.67. The highest BCUT2D eigenvalue weighted by Gasteiger charge is 2.39. The first-order valence-electron chi connectivity index (χ1n) is 7.70. The van der Waals surface area contributed by atoms with Crippen molar-refractivity contribution in [1.29, 1.82) is 0 Å². The molecule has 7 nitrogen and oxygen atoms in total. The van der Waals surface area contributed by atoms with E-state index in [1.165, 1.54) is 17.0 Å². The summed E-state index contributed by atoms with van der Waals surface area (Å²) in [6.45, 7) is 0. The van der Waals surface area contributed by atoms with Gasteiger partial charge in [0, 0.05) is 12.4 Å². The zero-order valence-corrected chi connectivity index (χ0v) is 14.3. The number of carbonyl (C=O) groups excluding carboxylic acids is 2. The zero-order valence-electron chi connectivity index (χ0n) is 13.5. The number of aliphatic carboxylic acids is 1. The highest BCUT2D eigenvalue weighted by molar-refractivity contribution is 8.16. The summed E-state index contributed by atoms with van der Waals surface area (Å²) in [6.07, 6.45) is 1.12. The zero-order chi connectivity index (χ0) is 18.5. The Labute approximate surface area is 153 Å². The number of hydrogen-bond donors (Lipinski definition) is 1. The van der Waals surface area contributed by atoms with Crippen LogP contribution in [0.25, 0.3) is 0 Å². The highest BCUT2D eigenvalue weighted by atomic mass is 32.2. The maximum Gasteiger partial charge on any atom is 0.247 e. The van der Waals surface area contributed by atoms with Crippen LogP contribution >= 0.6 is 11.8 Å². The van der Waals surface area contributed by atoms with Gasteiger partial charge in [-0.05, 0) is 29.8 Å². The fourth-order valence-corrected chi connectivity index (χ4v) is 3.42. The van der Waals surface area contributed by atoms with Gasteiger partial charge in [0.05, 0.1) is 17.2 Å². The van der Waals surface area contributed by atoms with Gasteiger partial charge in [-0.2, -0.15) is 5.10 Å². The summed E-state index contributed by atoms with van der Waals surface area (Å²) in [5, 5.41) is 27.8. The molecule has 1 aliphatic heterocycles. The molecule has 26 heavy (non-hydrogen) atoms. The molecule has 2 aromatic rings. The third kappa shape index (κ3) is 4.09. The largest absolute Gasteiger partial charge is 0.550 e. The third-order valence-corrected chi connectivity index (χ3v) is 4.67. The predicted molar refractivity (Wildman–Crippen MR) is 98.1 cm³/mol. The van der Waals surface area contributed by atoms with E-state index in [4.69, 9.17) is 0 Å². The van der Waals surface area contributed by atoms with E-state index in [0.717, 1.165) is 17.3 Å². The summed E-state index contributed by atoms with van der Waals surface area (Å²) >= 11 is 1.02. The topological polar surface area (TPSA) is 105 Å². The minimum absolute atomic E-state index is 0.0555. The van der Waals surface area contributed by atoms with Crippen LogP contribution in [0.2, 0.25) is 0 Å². The molecule has 0 bridgehead atoms. The Hall–Kier alpha value is -3.13. The summed E-state index contributed by atoms with van der Waals surface area (Å²) in [7, 11) is 0. The number of amides is 1. The fraction of sp³-hybridized carbons (Fsp3) is 0.111. The predicted octanol–water partition coefficient (Wildman–Crippen LogP) is 1.37. The van der Waals surface area contributed by atoms with Crippen LogP contribution in [0.4, 0.5) is 5.69 Å². The molecule has 1 N–H and O–H groups in total. The van der Waals surface area contributed by atoms with Crippen molar-refractivity contribution >= 4 is 40.7 Å². The molecule has 1 atom stereocenters. The molecule has 0 unspecified atom stereocenters. The number of carbonyl (C=O) groups is 2. The van der Waals surface area contributed by atoms with E-state index >= 15 is 0 Å². The third-order valence-electron chi connectivity index (χ3n) is 3.54. The maximum absolute atomic E-state index is 12.6. The maximum atomic E-state index is 12.6. The molecular weight excluding hydrogens is 354 g/mol. The molecule has 0 aromatic heterocycles. The van der Waals surface area contributed by atoms with Crippen molar-refractivity contribution in [3.63, 3.8) is 0 Å². The molecule has 1 fully saturated rings. The van der Waals surface area contributed by atoms with Crippen molar-refractivity contribution in [2.24, 2.45) is 10.2 Å². The van der Waals surface area contributed by atoms with Crippen LogP contribution in [-0.4, -0.2) is 33.6 Å². The first kappa shape index (κ1) is 17.7. The van der Waals surface area contributed by atoms with Gasteiger partial charge in [-0.3, -0.25) is 9.69 Å². The van der Waals surface area contributed by atoms with Crippen LogP contribution in [0.5, 0.6) is 5.75 Å². The molecule has 1 aliphatic rings. The molecule has 0 saturated carbocycles. The Bertz CT molecular complexity index is 866. The van der Waals surface area contributed by atoms with Crippen molar-refractivity contribution < 1.29 is 19.8 Å². The minimum atomic E-state index is -1.31. The normalized spacial score (nSPS) is 18.8. The van der Waals surface area contributed by atoms with Crippen molar-refractivity contribution in [3.8, 4) is 5.75 Å². The van der Waals surface area contributed by atoms with Gasteiger partial charge >= 0.3 is 0 Å². The molecule has 2 aromatic carbocycles. The molecule has 132 valence electrons. The van der Waals surface area contributed by atoms with Gasteiger partial charge in [0.15, 0.2) is 5.17 Å². The number of aromatic hydroxyl groups is 1. The molecule has 0 spiro atoms. The Balaban J connectivity index is 1.90. The molecular formula is C18H14N3O4S-. The van der Waals surface area contributed by atoms with Gasteiger partial charge in [0.2, 0.25) is 5.91 Å². The molecule has 1 heterocycles. The number of rotatable bonds is 5. The lowest BCUT2D eigenvalue weighted by molar-refractivity contribution is -0.305. The molecule has 0 radical (unpaired) electrons. The standard InChI is InChI=1S/C18H15N3O4S/c22-14-8-6-13(7-9-14)21-17(25)15(10-16(23)24)26-18(21)20-19-11-12-4-2-1-3-5-12/h1-9,11,15,22H,10H2,(H,23,24)/p-1/b19-11-,20-18+/t15-/m1/s1. The number of carboxylic acid groups (broad SMARTS) is 1. The molecule has 1 saturated heterocycles. The second kappa shape index (κ2) is 7.83. The Morgan fingerprint density at radius 1 is 1.19 bits per heavy atom. The first-order valence-corrected chi connectivity index (χ1v) is 8.58. The monoisotopic (exact) mass is 368 g/mol. The van der Waals surface area contributed by atoms with Crippen molar-refractivity contribution in [2.75, 3.05) is 4.90 Å². The minimum Gasteiger partial charge on any atom is -0.550 e. The Morgan fingerprint density at radius 2 is 1.88 bits per heavy atom. The van der Waals surface area contributed by atoms with Crippen molar-refractivity contribution in [2.45, 2.75) is 11.7 Å². The lowest BCUT2D eigenvalue weighted by Gasteiger charge is -2.16. The quantitative estimate of drug-likeness (QED) is 0.634. The van der Waals surface area contributed by atoms with Crippen LogP contribution in [0.15, 0.2) is 64.8 Å². The van der Waals surface area contributed by atoms with Gasteiger partial charge in [0.25, 0.3) is 0 Å². The van der Waals surface area contributed by atoms with E-state index in [1.807, 2.05) is 30.3 Å². The van der Waals surface area contributed by atoms with E-state index in [0.29, 0.717) is 5.69 Å². The van der Waals surface area contributed by atoms with Crippen LogP contribution in [-0.2, 0) is 9.59 Å². The van der Waals surface area contributed by atoms with Crippen LogP contribution in [0.3, 0.4) is 0 Å². The van der Waals surface area contributed by atoms with Gasteiger partial charge in [-0.15, -0.1) is 5.10 Å². The number of nitrogens with zero attached hydrogens (tertiary/aromatic N) is 3. The van der Waals surface area contributed by atoms with E-state index in [2.05, 4.69) is 10.2 Å². The number of amidine groups is 1. The summed E-state index contributed by atoms with van der Waals surface area (Å²) in [6, 6.07) is 15.3. The molecule has 1 amide bonds. The lowest BCUT2D eigenvalue weighted by atomic mass is 10.2. The lowest BCUT2D eigenvalue weighted by Crippen LogP contribution is -2.35. The highest BCUT2D eigenvalue weighted by Crippen LogP contribution is 2.34. The van der Waals surface area contributed by atoms with Gasteiger partial charge in [-0.1, -0.05) is 42.1 Å². The summed E-state index contributed by atoms with van der Waals surface area (Å²) in [4.78, 5) is 24.8. The molecule has 3 rings (SSSR count). The number of thioether (sulfide) groups is 1. The summed E-state index contributed by atoms with van der Waals surface area (Å²) < 4.78 is 0. The average Bonchev–Trinajstić information content (AvgIpc) is 2.92.